The second kappa shape index (κ2) is 3.90. The van der Waals surface area contributed by atoms with Gasteiger partial charge in [-0.15, -0.1) is 0 Å². The van der Waals surface area contributed by atoms with Gasteiger partial charge in [-0.05, 0) is 42.9 Å². The van der Waals surface area contributed by atoms with Gasteiger partial charge < -0.3 is 10.7 Å². The van der Waals surface area contributed by atoms with Gasteiger partial charge in [-0.2, -0.15) is 0 Å². The van der Waals surface area contributed by atoms with Crippen LogP contribution in [0.4, 0.5) is 5.82 Å². The summed E-state index contributed by atoms with van der Waals surface area (Å²) in [6.45, 7) is 0. The summed E-state index contributed by atoms with van der Waals surface area (Å²) in [5, 5.41) is 3.12. The Balaban J connectivity index is 1.42. The molecule has 1 aromatic rings. The van der Waals surface area contributed by atoms with Gasteiger partial charge in [-0.1, -0.05) is 0 Å². The van der Waals surface area contributed by atoms with Gasteiger partial charge in [0.25, 0.3) is 5.91 Å². The number of carbonyl (C=O) groups is 1. The molecule has 100 valence electrons. The van der Waals surface area contributed by atoms with Gasteiger partial charge in [-0.25, -0.2) is 15.8 Å². The van der Waals surface area contributed by atoms with Crippen LogP contribution in [0.3, 0.4) is 0 Å². The fourth-order valence-corrected chi connectivity index (χ4v) is 4.26. The quantitative estimate of drug-likeness (QED) is 0.544. The molecule has 2 bridgehead atoms. The Morgan fingerprint density at radius 3 is 2.53 bits per heavy atom. The number of fused-ring (bicyclic) bond motifs is 5. The Bertz CT molecular complexity index is 500. The maximum Gasteiger partial charge on any atom is 0.271 e. The second-order valence-electron chi connectivity index (χ2n) is 5.92. The van der Waals surface area contributed by atoms with Crippen molar-refractivity contribution < 1.29 is 4.79 Å². The molecule has 19 heavy (non-hydrogen) atoms. The van der Waals surface area contributed by atoms with E-state index in [1.165, 1.54) is 31.7 Å². The number of amides is 1. The minimum atomic E-state index is -0.116. The third kappa shape index (κ3) is 1.63. The van der Waals surface area contributed by atoms with E-state index in [9.17, 15) is 4.79 Å². The zero-order valence-electron chi connectivity index (χ0n) is 10.5. The highest BCUT2D eigenvalue weighted by molar-refractivity contribution is 5.92. The molecule has 3 fully saturated rings. The first-order chi connectivity index (χ1) is 9.28. The van der Waals surface area contributed by atoms with E-state index in [0.29, 0.717) is 17.6 Å². The van der Waals surface area contributed by atoms with Crippen molar-refractivity contribution >= 4 is 11.7 Å². The zero-order chi connectivity index (χ0) is 13.0. The number of carbonyl (C=O) groups excluding carboxylic acids is 1. The number of anilines is 1. The summed E-state index contributed by atoms with van der Waals surface area (Å²) in [5.41, 5.74) is 2.75. The van der Waals surface area contributed by atoms with Crippen LogP contribution in [0.1, 0.15) is 29.8 Å². The normalized spacial score (nSPS) is 37.8. The lowest BCUT2D eigenvalue weighted by Gasteiger charge is -2.10. The first-order valence-electron chi connectivity index (χ1n) is 6.87. The monoisotopic (exact) mass is 259 g/mol. The van der Waals surface area contributed by atoms with Crippen molar-refractivity contribution in [2.75, 3.05) is 5.43 Å². The Kier molecular flexibility index (Phi) is 2.29. The Morgan fingerprint density at radius 1 is 1.21 bits per heavy atom. The van der Waals surface area contributed by atoms with Crippen LogP contribution in [0.5, 0.6) is 0 Å². The largest absolute Gasteiger partial charge is 0.347 e. The maximum atomic E-state index is 12.1. The van der Waals surface area contributed by atoms with Gasteiger partial charge in [0.15, 0.2) is 5.82 Å². The molecule has 4 N–H and O–H groups in total. The van der Waals surface area contributed by atoms with Crippen LogP contribution in [0.25, 0.3) is 0 Å². The number of nitrogens with two attached hydrogens (primary N) is 1. The molecule has 3 aliphatic carbocycles. The predicted octanol–water partition coefficient (Wildman–Crippen LogP) is 0.536. The SMILES string of the molecule is NNc1cnc(C(=O)NC2C3C4CCC(C4)C23)cn1. The molecule has 1 heterocycles. The fraction of sp³-hybridized carbons (Fsp3) is 0.615. The molecule has 1 aromatic heterocycles. The van der Waals surface area contributed by atoms with E-state index in [2.05, 4.69) is 20.7 Å². The van der Waals surface area contributed by atoms with Crippen molar-refractivity contribution in [1.29, 1.82) is 0 Å². The smallest absolute Gasteiger partial charge is 0.271 e. The number of nitrogen functional groups attached to an aromatic ring is 1. The topological polar surface area (TPSA) is 92.9 Å². The highest BCUT2D eigenvalue weighted by Crippen LogP contribution is 2.65. The number of hydrazine groups is 1. The van der Waals surface area contributed by atoms with Gasteiger partial charge >= 0.3 is 0 Å². The molecular weight excluding hydrogens is 242 g/mol. The third-order valence-electron chi connectivity index (χ3n) is 5.07. The number of rotatable bonds is 3. The van der Waals surface area contributed by atoms with Gasteiger partial charge in [0.05, 0.1) is 12.4 Å². The lowest BCUT2D eigenvalue weighted by molar-refractivity contribution is 0.0939. The summed E-state index contributed by atoms with van der Waals surface area (Å²) < 4.78 is 0. The molecule has 3 saturated carbocycles. The Labute approximate surface area is 111 Å². The molecule has 4 rings (SSSR count). The molecule has 4 atom stereocenters. The molecule has 6 nitrogen and oxygen atoms in total. The van der Waals surface area contributed by atoms with Crippen LogP contribution in [0, 0.1) is 23.7 Å². The van der Waals surface area contributed by atoms with Crippen molar-refractivity contribution in [3.63, 3.8) is 0 Å². The van der Waals surface area contributed by atoms with Gasteiger partial charge in [0.2, 0.25) is 0 Å². The Hall–Kier alpha value is -1.69. The highest BCUT2D eigenvalue weighted by atomic mass is 16.2. The maximum absolute atomic E-state index is 12.1. The van der Waals surface area contributed by atoms with Crippen molar-refractivity contribution in [2.45, 2.75) is 25.3 Å². The average Bonchev–Trinajstić information content (AvgIpc) is 2.85. The van der Waals surface area contributed by atoms with E-state index in [4.69, 9.17) is 5.84 Å². The van der Waals surface area contributed by atoms with Crippen molar-refractivity contribution in [1.82, 2.24) is 15.3 Å². The highest BCUT2D eigenvalue weighted by Gasteiger charge is 2.65. The van der Waals surface area contributed by atoms with Crippen LogP contribution in [-0.2, 0) is 0 Å². The van der Waals surface area contributed by atoms with Gasteiger partial charge in [0.1, 0.15) is 5.69 Å². The average molecular weight is 259 g/mol. The van der Waals surface area contributed by atoms with E-state index in [0.717, 1.165) is 23.7 Å². The summed E-state index contributed by atoms with van der Waals surface area (Å²) in [6.07, 6.45) is 7.02. The number of nitrogens with one attached hydrogen (secondary N) is 2. The minimum Gasteiger partial charge on any atom is -0.347 e. The zero-order valence-corrected chi connectivity index (χ0v) is 10.5. The summed E-state index contributed by atoms with van der Waals surface area (Å²) in [7, 11) is 0. The molecule has 0 aliphatic heterocycles. The van der Waals surface area contributed by atoms with E-state index < -0.39 is 0 Å². The molecule has 3 aliphatic rings. The second-order valence-corrected chi connectivity index (χ2v) is 5.92. The molecule has 6 heteroatoms. The number of hydrogen-bond acceptors (Lipinski definition) is 5. The van der Waals surface area contributed by atoms with E-state index in [1.807, 2.05) is 0 Å². The number of aromatic nitrogens is 2. The summed E-state index contributed by atoms with van der Waals surface area (Å²) in [6, 6.07) is 0.382. The standard InChI is InChI=1S/C13H17N5O/c14-18-9-5-15-8(4-16-9)13(19)17-12-10-6-1-2-7(3-6)11(10)12/h4-7,10-12H,1-3,14H2,(H,16,18)(H,17,19). The summed E-state index contributed by atoms with van der Waals surface area (Å²) in [4.78, 5) is 20.2. The molecule has 0 aromatic carbocycles. The molecule has 0 saturated heterocycles. The van der Waals surface area contributed by atoms with Gasteiger partial charge in [-0.3, -0.25) is 4.79 Å². The lowest BCUT2D eigenvalue weighted by atomic mass is 10.0. The molecular formula is C13H17N5O. The van der Waals surface area contributed by atoms with Crippen LogP contribution >= 0.6 is 0 Å². The fourth-order valence-electron chi connectivity index (χ4n) is 4.26. The first kappa shape index (κ1) is 11.2. The summed E-state index contributed by atoms with van der Waals surface area (Å²) in [5.74, 6) is 8.74. The van der Waals surface area contributed by atoms with Crippen molar-refractivity contribution in [3.05, 3.63) is 18.1 Å². The third-order valence-corrected chi connectivity index (χ3v) is 5.07. The van der Waals surface area contributed by atoms with Crippen LogP contribution in [-0.4, -0.2) is 21.9 Å². The van der Waals surface area contributed by atoms with Gasteiger partial charge in [0, 0.05) is 6.04 Å². The number of nitrogens with zero attached hydrogens (tertiary/aromatic N) is 2. The molecule has 0 radical (unpaired) electrons. The van der Waals surface area contributed by atoms with Crippen molar-refractivity contribution in [3.8, 4) is 0 Å². The van der Waals surface area contributed by atoms with Crippen LogP contribution < -0.4 is 16.6 Å². The molecule has 4 unspecified atom stereocenters. The van der Waals surface area contributed by atoms with E-state index in [1.54, 1.807) is 0 Å². The summed E-state index contributed by atoms with van der Waals surface area (Å²) >= 11 is 0. The minimum absolute atomic E-state index is 0.116. The van der Waals surface area contributed by atoms with E-state index in [-0.39, 0.29) is 5.91 Å². The van der Waals surface area contributed by atoms with Crippen LogP contribution in [0.2, 0.25) is 0 Å². The van der Waals surface area contributed by atoms with E-state index >= 15 is 0 Å². The first-order valence-corrected chi connectivity index (χ1v) is 6.87. The number of hydrogen-bond donors (Lipinski definition) is 3. The molecule has 1 amide bonds. The lowest BCUT2D eigenvalue weighted by Crippen LogP contribution is -2.30. The van der Waals surface area contributed by atoms with Crippen LogP contribution in [0.15, 0.2) is 12.4 Å². The Morgan fingerprint density at radius 2 is 1.95 bits per heavy atom. The van der Waals surface area contributed by atoms with Crippen molar-refractivity contribution in [2.24, 2.45) is 29.5 Å². The predicted molar refractivity (Wildman–Crippen MR) is 68.9 cm³/mol. The molecule has 0 spiro atoms.